The number of benzene rings is 2. The normalized spacial score (nSPS) is 19.5. The number of sulfonamides is 1. The zero-order valence-electron chi connectivity index (χ0n) is 48.4. The molecule has 27 heteroatoms. The lowest BCUT2D eigenvalue weighted by atomic mass is 9.55. The average molecular weight is 1180 g/mol. The molecule has 26 nitrogen and oxygen atoms in total. The van der Waals surface area contributed by atoms with Gasteiger partial charge in [-0.15, -0.1) is 0 Å². The van der Waals surface area contributed by atoms with Crippen LogP contribution in [0.15, 0.2) is 52.4 Å². The number of unbranched alkanes of at least 4 members (excludes halogenated alkanes) is 1. The summed E-state index contributed by atoms with van der Waals surface area (Å²) in [6.45, 7) is 8.73. The number of carbonyl (C=O) groups is 9. The van der Waals surface area contributed by atoms with Crippen LogP contribution in [-0.2, 0) is 64.4 Å². The summed E-state index contributed by atoms with van der Waals surface area (Å²) >= 11 is 0. The van der Waals surface area contributed by atoms with Gasteiger partial charge in [-0.25, -0.2) is 22.7 Å². The summed E-state index contributed by atoms with van der Waals surface area (Å²) in [4.78, 5) is 122. The van der Waals surface area contributed by atoms with E-state index >= 15 is 0 Å². The van der Waals surface area contributed by atoms with E-state index in [1.54, 1.807) is 77.1 Å². The van der Waals surface area contributed by atoms with Crippen molar-refractivity contribution < 1.29 is 70.9 Å². The fourth-order valence-electron chi connectivity index (χ4n) is 10.9. The highest BCUT2D eigenvalue weighted by atomic mass is 32.2. The van der Waals surface area contributed by atoms with Crippen molar-refractivity contribution in [2.24, 2.45) is 34.4 Å². The molecule has 0 spiro atoms. The van der Waals surface area contributed by atoms with Crippen molar-refractivity contribution in [3.63, 3.8) is 0 Å². The van der Waals surface area contributed by atoms with E-state index in [1.807, 2.05) is 6.92 Å². The van der Waals surface area contributed by atoms with Crippen LogP contribution < -0.4 is 53.0 Å². The Hall–Kier alpha value is -7.55. The molecule has 4 aliphatic carbocycles. The number of hydrogen-bond acceptors (Lipinski definition) is 16. The molecule has 6 rings (SSSR count). The van der Waals surface area contributed by atoms with Crippen molar-refractivity contribution in [1.82, 2.24) is 47.3 Å². The molecule has 0 radical (unpaired) electrons. The van der Waals surface area contributed by atoms with Gasteiger partial charge in [0.1, 0.15) is 49.5 Å². The lowest BCUT2D eigenvalue weighted by molar-refractivity contribution is -0.145. The maximum absolute atomic E-state index is 13.9. The molecule has 4 atom stereocenters. The van der Waals surface area contributed by atoms with Gasteiger partial charge in [0.2, 0.25) is 41.4 Å². The van der Waals surface area contributed by atoms with Gasteiger partial charge >= 0.3 is 18.2 Å². The zero-order chi connectivity index (χ0) is 61.0. The molecule has 4 saturated carbocycles. The first-order chi connectivity index (χ1) is 39.2. The van der Waals surface area contributed by atoms with Gasteiger partial charge in [-0.1, -0.05) is 48.0 Å². The average Bonchev–Trinajstić information content (AvgIpc) is 2.28. The molecule has 0 heterocycles. The molecule has 4 fully saturated rings. The number of aliphatic imine (C=N–C) groups is 1. The third-order valence-corrected chi connectivity index (χ3v) is 16.0. The summed E-state index contributed by atoms with van der Waals surface area (Å²) in [5, 5.41) is 30.3. The minimum absolute atomic E-state index is 0.0386. The standard InChI is InChI=1S/C56H83N11O15S/c1-32-20-33(2)49(34(3)21-32)83(78,79)67-53(57)58-19-13-17-41(50(73)62-30-46(72)80-31-36-14-9-8-10-15-36)64-45(71)29-61-52(75)47(35(4)68)66-51(74)42(65-44(70)28-60-43(69)27-63-55(77)82-56(5,6)7)16-11-12-18-59-54(76)81-48-39-23-37-22-38(25-39)26-40(48)24-37/h8-10,14-15,20-21,35,37-42,47-48,68H,11-13,16-19,22-31H2,1-7H3,(H,59,76)(H,60,69)(H,61,75)(H,62,73)(H,63,77)(H,64,71)(H,65,70)(H,66,74)(H3,57,58,67)/t35-,37?,38?,39?,40?,41+,42+,47+,48?/m1/s1. The largest absolute Gasteiger partial charge is 0.460 e. The fraction of sp³-hybridized carbons (Fsp3) is 0.607. The molecule has 4 bridgehead atoms. The number of alkyl carbamates (subject to hydrolysis) is 2. The number of aliphatic hydroxyl groups excluding tert-OH is 1. The smallest absolute Gasteiger partial charge is 0.408 e. The monoisotopic (exact) mass is 1180 g/mol. The quantitative estimate of drug-likeness (QED) is 0.0179. The molecule has 0 saturated heterocycles. The molecule has 4 aliphatic rings. The highest BCUT2D eigenvalue weighted by Crippen LogP contribution is 2.54. The van der Waals surface area contributed by atoms with E-state index in [-0.39, 0.29) is 56.4 Å². The minimum atomic E-state index is -4.13. The number of nitrogens with two attached hydrogens (primary N) is 1. The number of esters is 1. The second-order valence-electron chi connectivity index (χ2n) is 22.6. The maximum atomic E-state index is 13.9. The van der Waals surface area contributed by atoms with Crippen LogP contribution in [0.25, 0.3) is 0 Å². The minimum Gasteiger partial charge on any atom is -0.460 e. The number of aryl methyl sites for hydroxylation is 3. The molecular formula is C56H83N11O15S. The number of hydrogen-bond donors (Lipinski definition) is 11. The van der Waals surface area contributed by atoms with Crippen LogP contribution in [0.2, 0.25) is 0 Å². The second-order valence-corrected chi connectivity index (χ2v) is 24.3. The zero-order valence-corrected chi connectivity index (χ0v) is 49.2. The first-order valence-electron chi connectivity index (χ1n) is 28.1. The second kappa shape index (κ2) is 31.2. The van der Waals surface area contributed by atoms with Crippen molar-refractivity contribution in [2.45, 2.75) is 160 Å². The fourth-order valence-corrected chi connectivity index (χ4v) is 12.4. The molecule has 458 valence electrons. The first kappa shape index (κ1) is 66.3. The topological polar surface area (TPSA) is 382 Å². The summed E-state index contributed by atoms with van der Waals surface area (Å²) in [5.74, 6) is -4.34. The van der Waals surface area contributed by atoms with Crippen molar-refractivity contribution in [2.75, 3.05) is 39.3 Å². The predicted octanol–water partition coefficient (Wildman–Crippen LogP) is 1.16. The number of nitrogens with zero attached hydrogens (tertiary/aromatic N) is 1. The summed E-state index contributed by atoms with van der Waals surface area (Å²) in [7, 11) is -4.13. The van der Waals surface area contributed by atoms with E-state index in [0.29, 0.717) is 46.8 Å². The molecule has 12 N–H and O–H groups in total. The number of nitrogens with one attached hydrogen (secondary N) is 9. The van der Waals surface area contributed by atoms with Crippen molar-refractivity contribution >= 4 is 69.6 Å². The maximum Gasteiger partial charge on any atom is 0.408 e. The van der Waals surface area contributed by atoms with Crippen LogP contribution in [0.4, 0.5) is 9.59 Å². The van der Waals surface area contributed by atoms with Crippen LogP contribution in [-0.4, -0.2) is 148 Å². The van der Waals surface area contributed by atoms with E-state index in [4.69, 9.17) is 19.9 Å². The van der Waals surface area contributed by atoms with Gasteiger partial charge in [-0.05, 0) is 153 Å². The number of guanidine groups is 1. The molecule has 0 unspecified atom stereocenters. The van der Waals surface area contributed by atoms with Crippen molar-refractivity contribution in [3.05, 3.63) is 64.7 Å². The number of amides is 8. The van der Waals surface area contributed by atoms with Crippen molar-refractivity contribution in [3.8, 4) is 0 Å². The number of ether oxygens (including phenoxy) is 3. The Morgan fingerprint density at radius 2 is 1.25 bits per heavy atom. The number of rotatable bonds is 29. The molecule has 2 aromatic carbocycles. The van der Waals surface area contributed by atoms with E-state index in [1.165, 1.54) is 13.3 Å². The van der Waals surface area contributed by atoms with E-state index in [9.17, 15) is 56.7 Å². The van der Waals surface area contributed by atoms with E-state index in [0.717, 1.165) is 31.2 Å². The molecule has 8 amide bonds. The van der Waals surface area contributed by atoms with Crippen LogP contribution in [0, 0.1) is 44.4 Å². The van der Waals surface area contributed by atoms with Crippen LogP contribution in [0.5, 0.6) is 0 Å². The Labute approximate surface area is 484 Å². The Kier molecular flexibility index (Phi) is 24.9. The Bertz CT molecular complexity index is 2720. The van der Waals surface area contributed by atoms with Gasteiger partial charge in [0.05, 0.1) is 24.1 Å². The van der Waals surface area contributed by atoms with E-state index in [2.05, 4.69) is 52.2 Å². The van der Waals surface area contributed by atoms with Crippen LogP contribution in [0.1, 0.15) is 114 Å². The highest BCUT2D eigenvalue weighted by Gasteiger charge is 2.50. The SMILES string of the molecule is Cc1cc(C)c(S(=O)(=O)NC(N)=NCCC[C@H](NC(=O)CNC(=O)[C@@H](NC(=O)[C@H](CCCCNC(=O)OC2C3CC4CC(C3)CC2C4)NC(=O)CNC(=O)CNC(=O)OC(C)(C)C)[C@@H](C)O)C(=O)NCC(=O)OCc2ccccc2)c(C)c1. The van der Waals surface area contributed by atoms with Gasteiger partial charge in [0.15, 0.2) is 0 Å². The predicted molar refractivity (Wildman–Crippen MR) is 303 cm³/mol. The Balaban J connectivity index is 1.17. The molecule has 83 heavy (non-hydrogen) atoms. The van der Waals surface area contributed by atoms with E-state index < -0.39 is 126 Å². The van der Waals surface area contributed by atoms with Gasteiger partial charge in [-0.3, -0.25) is 38.6 Å². The summed E-state index contributed by atoms with van der Waals surface area (Å²) in [6.07, 6.45) is 2.94. The number of aliphatic hydroxyl groups is 1. The third kappa shape index (κ3) is 22.3. The molecular weight excluding hydrogens is 1100 g/mol. The Morgan fingerprint density at radius 3 is 1.86 bits per heavy atom. The van der Waals surface area contributed by atoms with Crippen LogP contribution in [0.3, 0.4) is 0 Å². The highest BCUT2D eigenvalue weighted by molar-refractivity contribution is 7.90. The van der Waals surface area contributed by atoms with Gasteiger partial charge < -0.3 is 67.6 Å². The van der Waals surface area contributed by atoms with Gasteiger partial charge in [0.25, 0.3) is 10.0 Å². The van der Waals surface area contributed by atoms with Gasteiger partial charge in [0, 0.05) is 13.1 Å². The summed E-state index contributed by atoms with van der Waals surface area (Å²) < 4.78 is 45.0. The van der Waals surface area contributed by atoms with Crippen molar-refractivity contribution in [1.29, 1.82) is 0 Å². The number of carbonyl (C=O) groups excluding carboxylic acids is 9. The first-order valence-corrected chi connectivity index (χ1v) is 29.5. The molecule has 2 aromatic rings. The molecule has 0 aliphatic heterocycles. The van der Waals surface area contributed by atoms with Crippen LogP contribution >= 0.6 is 0 Å². The lowest BCUT2D eigenvalue weighted by Crippen LogP contribution is -2.58. The summed E-state index contributed by atoms with van der Waals surface area (Å²) in [5.41, 5.74) is 7.71. The molecule has 0 aromatic heterocycles. The lowest BCUT2D eigenvalue weighted by Gasteiger charge is -2.53. The Morgan fingerprint density at radius 1 is 0.687 bits per heavy atom. The van der Waals surface area contributed by atoms with Gasteiger partial charge in [-0.2, -0.15) is 0 Å². The third-order valence-electron chi connectivity index (χ3n) is 14.3. The summed E-state index contributed by atoms with van der Waals surface area (Å²) in [6, 6.07) is 7.82.